The first-order valence-corrected chi connectivity index (χ1v) is 5.74. The highest BCUT2D eigenvalue weighted by Crippen LogP contribution is 2.30. The fourth-order valence-electron chi connectivity index (χ4n) is 2.34. The van der Waals surface area contributed by atoms with Crippen molar-refractivity contribution in [1.82, 2.24) is 5.32 Å². The summed E-state index contributed by atoms with van der Waals surface area (Å²) in [4.78, 5) is 11.6. The molecule has 1 amide bonds. The number of amides is 1. The summed E-state index contributed by atoms with van der Waals surface area (Å²) in [5, 5.41) is 12.0. The summed E-state index contributed by atoms with van der Waals surface area (Å²) in [6.45, 7) is 0.853. The monoisotopic (exact) mass is 223 g/mol. The minimum atomic E-state index is -0.173. The molecular formula is C12H17NO3. The number of hydrogen-bond acceptors (Lipinski definition) is 3. The first-order chi connectivity index (χ1) is 7.81. The third kappa shape index (κ3) is 2.44. The van der Waals surface area contributed by atoms with Gasteiger partial charge in [-0.15, -0.1) is 0 Å². The van der Waals surface area contributed by atoms with Crippen molar-refractivity contribution in [2.45, 2.75) is 19.3 Å². The van der Waals surface area contributed by atoms with E-state index >= 15 is 0 Å². The maximum atomic E-state index is 11.6. The Morgan fingerprint density at radius 1 is 1.50 bits per heavy atom. The molecule has 0 aromatic carbocycles. The standard InChI is InChI=1S/C12H17NO3/c14-8-10-4-1-3-9(10)7-13-12(15)11-5-2-6-16-11/h2,5-6,9-10,14H,1,3-4,7-8H2,(H,13,15). The maximum absolute atomic E-state index is 11.6. The van der Waals surface area contributed by atoms with Gasteiger partial charge in [0.1, 0.15) is 0 Å². The van der Waals surface area contributed by atoms with Gasteiger partial charge in [0.15, 0.2) is 5.76 Å². The molecule has 16 heavy (non-hydrogen) atoms. The molecule has 0 bridgehead atoms. The van der Waals surface area contributed by atoms with Gasteiger partial charge in [-0.1, -0.05) is 6.42 Å². The Kier molecular flexibility index (Phi) is 3.62. The van der Waals surface area contributed by atoms with Crippen LogP contribution in [0.15, 0.2) is 22.8 Å². The minimum Gasteiger partial charge on any atom is -0.459 e. The van der Waals surface area contributed by atoms with Crippen molar-refractivity contribution >= 4 is 5.91 Å². The first-order valence-electron chi connectivity index (χ1n) is 5.74. The van der Waals surface area contributed by atoms with Gasteiger partial charge in [-0.2, -0.15) is 0 Å². The molecule has 1 aliphatic rings. The highest BCUT2D eigenvalue weighted by Gasteiger charge is 2.26. The summed E-state index contributed by atoms with van der Waals surface area (Å²) in [5.41, 5.74) is 0. The van der Waals surface area contributed by atoms with E-state index in [-0.39, 0.29) is 12.5 Å². The first kappa shape index (κ1) is 11.2. The van der Waals surface area contributed by atoms with Gasteiger partial charge in [-0.05, 0) is 36.8 Å². The van der Waals surface area contributed by atoms with Gasteiger partial charge in [0.2, 0.25) is 0 Å². The van der Waals surface area contributed by atoms with E-state index in [4.69, 9.17) is 9.52 Å². The van der Waals surface area contributed by atoms with Gasteiger partial charge >= 0.3 is 0 Å². The largest absolute Gasteiger partial charge is 0.459 e. The topological polar surface area (TPSA) is 62.5 Å². The maximum Gasteiger partial charge on any atom is 0.286 e. The van der Waals surface area contributed by atoms with Crippen LogP contribution in [0.4, 0.5) is 0 Å². The number of aliphatic hydroxyl groups excluding tert-OH is 1. The molecule has 4 nitrogen and oxygen atoms in total. The van der Waals surface area contributed by atoms with Crippen molar-refractivity contribution in [1.29, 1.82) is 0 Å². The zero-order chi connectivity index (χ0) is 11.4. The second kappa shape index (κ2) is 5.16. The van der Waals surface area contributed by atoms with Crippen molar-refractivity contribution in [3.8, 4) is 0 Å². The SMILES string of the molecule is O=C(NCC1CCCC1CO)c1ccco1. The van der Waals surface area contributed by atoms with Gasteiger partial charge in [-0.25, -0.2) is 0 Å². The summed E-state index contributed by atoms with van der Waals surface area (Å²) in [5.74, 6) is 0.924. The average molecular weight is 223 g/mol. The van der Waals surface area contributed by atoms with Crippen LogP contribution < -0.4 is 5.32 Å². The van der Waals surface area contributed by atoms with Gasteiger partial charge in [0.25, 0.3) is 5.91 Å². The van der Waals surface area contributed by atoms with E-state index in [0.29, 0.717) is 24.1 Å². The molecule has 1 aromatic heterocycles. The number of nitrogens with one attached hydrogen (secondary N) is 1. The fraction of sp³-hybridized carbons (Fsp3) is 0.583. The highest BCUT2D eigenvalue weighted by molar-refractivity contribution is 5.91. The molecule has 4 heteroatoms. The van der Waals surface area contributed by atoms with E-state index < -0.39 is 0 Å². The lowest BCUT2D eigenvalue weighted by Gasteiger charge is -2.17. The number of carbonyl (C=O) groups excluding carboxylic acids is 1. The third-order valence-electron chi connectivity index (χ3n) is 3.32. The Hall–Kier alpha value is -1.29. The molecule has 0 aliphatic heterocycles. The molecule has 2 unspecified atom stereocenters. The Bertz CT molecular complexity index is 334. The second-order valence-corrected chi connectivity index (χ2v) is 4.32. The van der Waals surface area contributed by atoms with E-state index in [9.17, 15) is 4.79 Å². The van der Waals surface area contributed by atoms with Crippen LogP contribution in [0.1, 0.15) is 29.8 Å². The predicted molar refractivity (Wildman–Crippen MR) is 59.0 cm³/mol. The Morgan fingerprint density at radius 3 is 3.00 bits per heavy atom. The smallest absolute Gasteiger partial charge is 0.286 e. The van der Waals surface area contributed by atoms with Crippen molar-refractivity contribution in [2.75, 3.05) is 13.2 Å². The van der Waals surface area contributed by atoms with Crippen molar-refractivity contribution in [3.05, 3.63) is 24.2 Å². The van der Waals surface area contributed by atoms with Crippen LogP contribution in [0.3, 0.4) is 0 Å². The number of hydrogen-bond donors (Lipinski definition) is 2. The lowest BCUT2D eigenvalue weighted by molar-refractivity contribution is 0.0910. The molecule has 0 saturated heterocycles. The van der Waals surface area contributed by atoms with Crippen LogP contribution >= 0.6 is 0 Å². The van der Waals surface area contributed by atoms with Crippen LogP contribution in [0.2, 0.25) is 0 Å². The van der Waals surface area contributed by atoms with E-state index in [1.54, 1.807) is 12.1 Å². The lowest BCUT2D eigenvalue weighted by atomic mass is 9.97. The lowest BCUT2D eigenvalue weighted by Crippen LogP contribution is -2.31. The number of rotatable bonds is 4. The van der Waals surface area contributed by atoms with Crippen LogP contribution in [-0.2, 0) is 0 Å². The van der Waals surface area contributed by atoms with Gasteiger partial charge < -0.3 is 14.8 Å². The molecular weight excluding hydrogens is 206 g/mol. The molecule has 1 aromatic rings. The summed E-state index contributed by atoms with van der Waals surface area (Å²) >= 11 is 0. The predicted octanol–water partition coefficient (Wildman–Crippen LogP) is 1.42. The van der Waals surface area contributed by atoms with Crippen LogP contribution in [0.5, 0.6) is 0 Å². The highest BCUT2D eigenvalue weighted by atomic mass is 16.3. The summed E-state index contributed by atoms with van der Waals surface area (Å²) in [7, 11) is 0. The van der Waals surface area contributed by atoms with Gasteiger partial charge in [0, 0.05) is 13.2 Å². The normalized spacial score (nSPS) is 24.6. The van der Waals surface area contributed by atoms with Crippen LogP contribution in [0, 0.1) is 11.8 Å². The Balaban J connectivity index is 1.81. The molecule has 1 heterocycles. The zero-order valence-electron chi connectivity index (χ0n) is 9.19. The van der Waals surface area contributed by atoms with E-state index in [2.05, 4.69) is 5.32 Å². The van der Waals surface area contributed by atoms with Gasteiger partial charge in [-0.3, -0.25) is 4.79 Å². The van der Waals surface area contributed by atoms with Crippen LogP contribution in [0.25, 0.3) is 0 Å². The van der Waals surface area contributed by atoms with Crippen molar-refractivity contribution in [3.63, 3.8) is 0 Å². The van der Waals surface area contributed by atoms with Crippen molar-refractivity contribution < 1.29 is 14.3 Å². The molecule has 1 saturated carbocycles. The summed E-state index contributed by atoms with van der Waals surface area (Å²) in [6, 6.07) is 3.34. The quantitative estimate of drug-likeness (QED) is 0.811. The number of aliphatic hydroxyl groups is 1. The Labute approximate surface area is 94.6 Å². The number of carbonyl (C=O) groups is 1. The average Bonchev–Trinajstić information content (AvgIpc) is 2.96. The van der Waals surface area contributed by atoms with Crippen molar-refractivity contribution in [2.24, 2.45) is 11.8 Å². The summed E-state index contributed by atoms with van der Waals surface area (Å²) in [6.07, 6.45) is 4.79. The summed E-state index contributed by atoms with van der Waals surface area (Å²) < 4.78 is 5.00. The van der Waals surface area contributed by atoms with Gasteiger partial charge in [0.05, 0.1) is 6.26 Å². The molecule has 2 atom stereocenters. The molecule has 2 N–H and O–H groups in total. The minimum absolute atomic E-state index is 0.173. The molecule has 0 radical (unpaired) electrons. The zero-order valence-corrected chi connectivity index (χ0v) is 9.19. The molecule has 2 rings (SSSR count). The number of furan rings is 1. The fourth-order valence-corrected chi connectivity index (χ4v) is 2.34. The third-order valence-corrected chi connectivity index (χ3v) is 3.32. The molecule has 1 fully saturated rings. The van der Waals surface area contributed by atoms with E-state index in [1.807, 2.05) is 0 Å². The molecule has 88 valence electrons. The van der Waals surface area contributed by atoms with E-state index in [0.717, 1.165) is 19.3 Å². The molecule has 1 aliphatic carbocycles. The second-order valence-electron chi connectivity index (χ2n) is 4.32. The van der Waals surface area contributed by atoms with E-state index in [1.165, 1.54) is 6.26 Å². The Morgan fingerprint density at radius 2 is 2.31 bits per heavy atom. The molecule has 0 spiro atoms. The van der Waals surface area contributed by atoms with Crippen LogP contribution in [-0.4, -0.2) is 24.2 Å².